The molecular formula is C16H26N2O2S. The lowest BCUT2D eigenvalue weighted by atomic mass is 9.82. The lowest BCUT2D eigenvalue weighted by Crippen LogP contribution is -2.32. The summed E-state index contributed by atoms with van der Waals surface area (Å²) in [6, 6.07) is 3.56. The van der Waals surface area contributed by atoms with Crippen LogP contribution in [0, 0.1) is 19.3 Å². The minimum Gasteiger partial charge on any atom is -0.398 e. The van der Waals surface area contributed by atoms with Crippen LogP contribution in [-0.2, 0) is 10.0 Å². The first kappa shape index (κ1) is 16.3. The number of rotatable bonds is 4. The van der Waals surface area contributed by atoms with Crippen LogP contribution >= 0.6 is 0 Å². The molecule has 4 nitrogen and oxygen atoms in total. The maximum absolute atomic E-state index is 13.0. The number of aryl methyl sites for hydroxylation is 1. The first-order valence-corrected chi connectivity index (χ1v) is 9.07. The van der Waals surface area contributed by atoms with Crippen LogP contribution in [0.3, 0.4) is 0 Å². The number of nitrogens with two attached hydrogens (primary N) is 1. The fraction of sp³-hybridized carbons (Fsp3) is 0.625. The molecule has 1 aromatic carbocycles. The van der Waals surface area contributed by atoms with Crippen LogP contribution in [0.5, 0.6) is 0 Å². The molecule has 2 rings (SSSR count). The number of hydrogen-bond donors (Lipinski definition) is 1. The summed E-state index contributed by atoms with van der Waals surface area (Å²) in [6.45, 7) is 9.15. The third-order valence-corrected chi connectivity index (χ3v) is 7.28. The first-order chi connectivity index (χ1) is 9.77. The first-order valence-electron chi connectivity index (χ1n) is 7.63. The molecule has 1 heterocycles. The van der Waals surface area contributed by atoms with Crippen LogP contribution < -0.4 is 5.73 Å². The van der Waals surface area contributed by atoms with E-state index in [0.29, 0.717) is 29.2 Å². The van der Waals surface area contributed by atoms with E-state index in [0.717, 1.165) is 24.8 Å². The van der Waals surface area contributed by atoms with Gasteiger partial charge in [-0.2, -0.15) is 4.31 Å². The summed E-state index contributed by atoms with van der Waals surface area (Å²) in [6.07, 6.45) is 2.98. The Balaban J connectivity index is 2.44. The van der Waals surface area contributed by atoms with Crippen LogP contribution in [0.15, 0.2) is 17.0 Å². The van der Waals surface area contributed by atoms with E-state index in [1.54, 1.807) is 23.4 Å². The zero-order valence-corrected chi connectivity index (χ0v) is 14.3. The highest BCUT2D eigenvalue weighted by molar-refractivity contribution is 7.89. The van der Waals surface area contributed by atoms with Crippen LogP contribution in [0.1, 0.15) is 44.2 Å². The Morgan fingerprint density at radius 3 is 2.38 bits per heavy atom. The summed E-state index contributed by atoms with van der Waals surface area (Å²) in [5, 5.41) is 0. The summed E-state index contributed by atoms with van der Waals surface area (Å²) >= 11 is 0. The normalized spacial score (nSPS) is 19.0. The maximum Gasteiger partial charge on any atom is 0.243 e. The fourth-order valence-electron chi connectivity index (χ4n) is 3.29. The molecule has 21 heavy (non-hydrogen) atoms. The Kier molecular flexibility index (Phi) is 4.36. The Morgan fingerprint density at radius 2 is 1.86 bits per heavy atom. The summed E-state index contributed by atoms with van der Waals surface area (Å²) in [5.41, 5.74) is 8.02. The topological polar surface area (TPSA) is 63.4 Å². The molecule has 1 aliphatic rings. The van der Waals surface area contributed by atoms with Crippen molar-refractivity contribution in [3.63, 3.8) is 0 Å². The van der Waals surface area contributed by atoms with E-state index in [1.807, 2.05) is 6.92 Å². The number of nitrogen functional groups attached to an aromatic ring is 1. The maximum atomic E-state index is 13.0. The van der Waals surface area contributed by atoms with Gasteiger partial charge in [-0.25, -0.2) is 8.42 Å². The average molecular weight is 310 g/mol. The van der Waals surface area contributed by atoms with Gasteiger partial charge in [0, 0.05) is 18.8 Å². The minimum absolute atomic E-state index is 0.134. The summed E-state index contributed by atoms with van der Waals surface area (Å²) in [5.74, 6) is 0. The van der Waals surface area contributed by atoms with Crippen molar-refractivity contribution in [2.75, 3.05) is 18.8 Å². The third kappa shape index (κ3) is 2.69. The highest BCUT2D eigenvalue weighted by atomic mass is 32.2. The van der Waals surface area contributed by atoms with Gasteiger partial charge < -0.3 is 5.73 Å². The van der Waals surface area contributed by atoms with Crippen molar-refractivity contribution in [1.29, 1.82) is 0 Å². The Hall–Kier alpha value is -1.07. The predicted molar refractivity (Wildman–Crippen MR) is 86.7 cm³/mol. The Bertz CT molecular complexity index is 634. The molecule has 0 radical (unpaired) electrons. The van der Waals surface area contributed by atoms with E-state index in [4.69, 9.17) is 5.73 Å². The van der Waals surface area contributed by atoms with Gasteiger partial charge in [0.05, 0.1) is 4.90 Å². The smallest absolute Gasteiger partial charge is 0.243 e. The SMILES string of the molecule is CCC1(CC)CCN(S(=O)(=O)c2c(C)ccc(N)c2C)C1. The zero-order valence-electron chi connectivity index (χ0n) is 13.4. The Labute approximate surface area is 128 Å². The second-order valence-corrected chi connectivity index (χ2v) is 8.10. The highest BCUT2D eigenvalue weighted by Crippen LogP contribution is 2.40. The summed E-state index contributed by atoms with van der Waals surface area (Å²) < 4.78 is 27.7. The van der Waals surface area contributed by atoms with E-state index in [9.17, 15) is 8.42 Å². The van der Waals surface area contributed by atoms with Crippen LogP contribution in [-0.4, -0.2) is 25.8 Å². The van der Waals surface area contributed by atoms with Gasteiger partial charge in [0.2, 0.25) is 10.0 Å². The van der Waals surface area contributed by atoms with Gasteiger partial charge in [0.25, 0.3) is 0 Å². The molecule has 0 aliphatic carbocycles. The molecule has 1 aromatic rings. The molecule has 5 heteroatoms. The van der Waals surface area contributed by atoms with Gasteiger partial charge in [-0.3, -0.25) is 0 Å². The van der Waals surface area contributed by atoms with E-state index < -0.39 is 10.0 Å². The summed E-state index contributed by atoms with van der Waals surface area (Å²) in [7, 11) is -3.46. The zero-order chi connectivity index (χ0) is 15.8. The molecule has 1 aliphatic heterocycles. The average Bonchev–Trinajstić information content (AvgIpc) is 2.89. The van der Waals surface area contributed by atoms with Crippen LogP contribution in [0.2, 0.25) is 0 Å². The number of benzene rings is 1. The van der Waals surface area contributed by atoms with Crippen molar-refractivity contribution in [3.8, 4) is 0 Å². The molecule has 0 aromatic heterocycles. The molecule has 0 unspecified atom stereocenters. The summed E-state index contributed by atoms with van der Waals surface area (Å²) in [4.78, 5) is 0.394. The van der Waals surface area contributed by atoms with Crippen LogP contribution in [0.25, 0.3) is 0 Å². The number of sulfonamides is 1. The molecule has 118 valence electrons. The van der Waals surface area contributed by atoms with Gasteiger partial charge >= 0.3 is 0 Å². The van der Waals surface area contributed by atoms with E-state index >= 15 is 0 Å². The van der Waals surface area contributed by atoms with E-state index in [2.05, 4.69) is 13.8 Å². The quantitative estimate of drug-likeness (QED) is 0.869. The van der Waals surface area contributed by atoms with Gasteiger partial charge in [-0.05, 0) is 55.7 Å². The van der Waals surface area contributed by atoms with Gasteiger partial charge in [-0.15, -0.1) is 0 Å². The second-order valence-electron chi connectivity index (χ2n) is 6.22. The Morgan fingerprint density at radius 1 is 1.24 bits per heavy atom. The van der Waals surface area contributed by atoms with Crippen molar-refractivity contribution >= 4 is 15.7 Å². The molecule has 2 N–H and O–H groups in total. The number of anilines is 1. The lowest BCUT2D eigenvalue weighted by Gasteiger charge is -2.27. The molecule has 1 saturated heterocycles. The van der Waals surface area contributed by atoms with Crippen molar-refractivity contribution in [3.05, 3.63) is 23.3 Å². The number of hydrogen-bond acceptors (Lipinski definition) is 3. The molecule has 1 fully saturated rings. The molecular weight excluding hydrogens is 284 g/mol. The predicted octanol–water partition coefficient (Wildman–Crippen LogP) is 3.09. The molecule has 0 saturated carbocycles. The van der Waals surface area contributed by atoms with E-state index in [-0.39, 0.29) is 5.41 Å². The number of nitrogens with zero attached hydrogens (tertiary/aromatic N) is 1. The second kappa shape index (κ2) is 5.61. The molecule has 0 spiro atoms. The van der Waals surface area contributed by atoms with Crippen molar-refractivity contribution < 1.29 is 8.42 Å². The van der Waals surface area contributed by atoms with Crippen molar-refractivity contribution in [2.45, 2.75) is 51.9 Å². The largest absolute Gasteiger partial charge is 0.398 e. The molecule has 0 atom stereocenters. The highest BCUT2D eigenvalue weighted by Gasteiger charge is 2.41. The molecule has 0 bridgehead atoms. The van der Waals surface area contributed by atoms with Gasteiger partial charge in [0.15, 0.2) is 0 Å². The van der Waals surface area contributed by atoms with Crippen molar-refractivity contribution in [2.24, 2.45) is 5.41 Å². The van der Waals surface area contributed by atoms with E-state index in [1.165, 1.54) is 0 Å². The lowest BCUT2D eigenvalue weighted by molar-refractivity contribution is 0.279. The van der Waals surface area contributed by atoms with Crippen LogP contribution in [0.4, 0.5) is 5.69 Å². The minimum atomic E-state index is -3.46. The fourth-order valence-corrected chi connectivity index (χ4v) is 5.31. The third-order valence-electron chi connectivity index (χ3n) is 5.15. The van der Waals surface area contributed by atoms with Crippen molar-refractivity contribution in [1.82, 2.24) is 4.31 Å². The molecule has 0 amide bonds. The standard InChI is InChI=1S/C16H26N2O2S/c1-5-16(6-2)9-10-18(11-16)21(19,20)15-12(3)7-8-14(17)13(15)4/h7-8H,5-6,9-11,17H2,1-4H3. The van der Waals surface area contributed by atoms with Gasteiger partial charge in [-0.1, -0.05) is 19.9 Å². The van der Waals surface area contributed by atoms with Gasteiger partial charge in [0.1, 0.15) is 0 Å². The monoisotopic (exact) mass is 310 g/mol.